The number of anilines is 1. The molecule has 1 amide bonds. The van der Waals surface area contributed by atoms with Crippen molar-refractivity contribution in [1.29, 1.82) is 0 Å². The van der Waals surface area contributed by atoms with Crippen LogP contribution >= 0.6 is 11.8 Å². The van der Waals surface area contributed by atoms with Gasteiger partial charge in [-0.2, -0.15) is 0 Å². The molecule has 9 heteroatoms. The fourth-order valence-electron chi connectivity index (χ4n) is 4.45. The first kappa shape index (κ1) is 23.3. The van der Waals surface area contributed by atoms with E-state index in [2.05, 4.69) is 10.2 Å². The molecule has 0 atom stereocenters. The lowest BCUT2D eigenvalue weighted by atomic mass is 10.1. The third-order valence-corrected chi connectivity index (χ3v) is 7.15. The second kappa shape index (κ2) is 9.74. The van der Waals surface area contributed by atoms with Gasteiger partial charge in [0.05, 0.1) is 17.8 Å². The number of rotatable bonds is 6. The number of ether oxygens (including phenoxy) is 2. The summed E-state index contributed by atoms with van der Waals surface area (Å²) in [6, 6.07) is 21.6. The zero-order valence-corrected chi connectivity index (χ0v) is 20.9. The minimum Gasteiger partial charge on any atom is -0.486 e. The molecule has 0 aliphatic carbocycles. The van der Waals surface area contributed by atoms with Crippen LogP contribution in [0.25, 0.3) is 16.6 Å². The van der Waals surface area contributed by atoms with Crippen LogP contribution in [0.4, 0.5) is 10.1 Å². The Kier molecular flexibility index (Phi) is 6.13. The van der Waals surface area contributed by atoms with Gasteiger partial charge in [-0.25, -0.2) is 4.39 Å². The largest absolute Gasteiger partial charge is 0.486 e. The highest BCUT2D eigenvalue weighted by Crippen LogP contribution is 2.36. The van der Waals surface area contributed by atoms with Crippen LogP contribution in [-0.2, 0) is 11.3 Å². The van der Waals surface area contributed by atoms with E-state index in [0.717, 1.165) is 27.7 Å². The number of carbonyl (C=O) groups excluding carboxylic acids is 1. The molecule has 0 saturated carbocycles. The lowest BCUT2D eigenvalue weighted by Gasteiger charge is -2.23. The Labute approximate surface area is 216 Å². The summed E-state index contributed by atoms with van der Waals surface area (Å²) in [4.78, 5) is 15.2. The SMILES string of the molecule is Cc1cc2cc3c(cc2n2c(SCC(=O)N(Cc4ccccc4)c4ccc(F)cc4)nnc12)OCCO3. The van der Waals surface area contributed by atoms with E-state index in [-0.39, 0.29) is 17.5 Å². The second-order valence-electron chi connectivity index (χ2n) is 8.75. The van der Waals surface area contributed by atoms with E-state index in [1.807, 2.05) is 59.9 Å². The van der Waals surface area contributed by atoms with Crippen LogP contribution in [0.2, 0.25) is 0 Å². The van der Waals surface area contributed by atoms with Crippen LogP contribution in [0.15, 0.2) is 78.0 Å². The Morgan fingerprint density at radius 1 is 1.00 bits per heavy atom. The van der Waals surface area contributed by atoms with Gasteiger partial charge in [-0.1, -0.05) is 42.1 Å². The molecular formula is C28H23FN4O3S. The summed E-state index contributed by atoms with van der Waals surface area (Å²) in [6.07, 6.45) is 0. The van der Waals surface area contributed by atoms with Gasteiger partial charge in [0, 0.05) is 17.1 Å². The van der Waals surface area contributed by atoms with E-state index in [1.165, 1.54) is 23.9 Å². The molecule has 5 aromatic rings. The molecule has 0 radical (unpaired) electrons. The average molecular weight is 515 g/mol. The summed E-state index contributed by atoms with van der Waals surface area (Å²) in [5.41, 5.74) is 4.17. The number of carbonyl (C=O) groups is 1. The van der Waals surface area contributed by atoms with Gasteiger partial charge in [0.25, 0.3) is 0 Å². The minimum atomic E-state index is -0.348. The molecule has 0 N–H and O–H groups in total. The quantitative estimate of drug-likeness (QED) is 0.282. The smallest absolute Gasteiger partial charge is 0.237 e. The lowest BCUT2D eigenvalue weighted by Crippen LogP contribution is -2.32. The van der Waals surface area contributed by atoms with Gasteiger partial charge in [0.2, 0.25) is 5.91 Å². The molecule has 3 heterocycles. The first-order valence-corrected chi connectivity index (χ1v) is 12.9. The van der Waals surface area contributed by atoms with Crippen molar-refractivity contribution in [2.24, 2.45) is 0 Å². The van der Waals surface area contributed by atoms with Gasteiger partial charge in [-0.15, -0.1) is 10.2 Å². The van der Waals surface area contributed by atoms with E-state index in [4.69, 9.17) is 9.47 Å². The summed E-state index contributed by atoms with van der Waals surface area (Å²) in [5.74, 6) is 1.05. The number of pyridine rings is 1. The maximum atomic E-state index is 13.6. The van der Waals surface area contributed by atoms with Crippen molar-refractivity contribution < 1.29 is 18.7 Å². The molecule has 2 aromatic heterocycles. The summed E-state index contributed by atoms with van der Waals surface area (Å²) < 4.78 is 27.1. The number of aryl methyl sites for hydroxylation is 1. The molecule has 37 heavy (non-hydrogen) atoms. The monoisotopic (exact) mass is 514 g/mol. The summed E-state index contributed by atoms with van der Waals surface area (Å²) in [5, 5.41) is 10.4. The number of halogens is 1. The summed E-state index contributed by atoms with van der Waals surface area (Å²) in [7, 11) is 0. The highest BCUT2D eigenvalue weighted by atomic mass is 32.2. The van der Waals surface area contributed by atoms with Crippen LogP contribution < -0.4 is 14.4 Å². The first-order valence-electron chi connectivity index (χ1n) is 11.9. The maximum absolute atomic E-state index is 13.6. The Bertz CT molecular complexity index is 1610. The van der Waals surface area contributed by atoms with Crippen molar-refractivity contribution in [2.75, 3.05) is 23.9 Å². The zero-order valence-electron chi connectivity index (χ0n) is 20.1. The van der Waals surface area contributed by atoms with Gasteiger partial charge in [-0.3, -0.25) is 9.20 Å². The average Bonchev–Trinajstić information content (AvgIpc) is 3.36. The number of amides is 1. The van der Waals surface area contributed by atoms with E-state index < -0.39 is 0 Å². The van der Waals surface area contributed by atoms with Crippen molar-refractivity contribution in [3.8, 4) is 11.5 Å². The normalized spacial score (nSPS) is 12.7. The number of fused-ring (bicyclic) bond motifs is 4. The topological polar surface area (TPSA) is 69.0 Å². The molecule has 1 aliphatic rings. The zero-order chi connectivity index (χ0) is 25.4. The number of hydrogen-bond acceptors (Lipinski definition) is 6. The fourth-order valence-corrected chi connectivity index (χ4v) is 5.27. The first-order chi connectivity index (χ1) is 18.1. The van der Waals surface area contributed by atoms with E-state index in [1.54, 1.807) is 17.0 Å². The Morgan fingerprint density at radius 3 is 2.49 bits per heavy atom. The van der Waals surface area contributed by atoms with Crippen molar-refractivity contribution >= 4 is 39.9 Å². The van der Waals surface area contributed by atoms with Crippen molar-refractivity contribution in [2.45, 2.75) is 18.6 Å². The second-order valence-corrected chi connectivity index (χ2v) is 9.70. The van der Waals surface area contributed by atoms with Gasteiger partial charge < -0.3 is 14.4 Å². The molecule has 0 bridgehead atoms. The molecule has 0 spiro atoms. The van der Waals surface area contributed by atoms with Crippen LogP contribution in [0.1, 0.15) is 11.1 Å². The Morgan fingerprint density at radius 2 is 1.73 bits per heavy atom. The Balaban J connectivity index is 1.32. The summed E-state index contributed by atoms with van der Waals surface area (Å²) >= 11 is 1.31. The van der Waals surface area contributed by atoms with Crippen molar-refractivity contribution in [1.82, 2.24) is 14.6 Å². The molecule has 186 valence electrons. The predicted molar refractivity (Wildman–Crippen MR) is 141 cm³/mol. The molecule has 0 saturated heterocycles. The van der Waals surface area contributed by atoms with Gasteiger partial charge in [0.1, 0.15) is 19.0 Å². The van der Waals surface area contributed by atoms with Crippen LogP contribution in [0.5, 0.6) is 11.5 Å². The Hall–Kier alpha value is -4.11. The molecular weight excluding hydrogens is 491 g/mol. The molecule has 0 unspecified atom stereocenters. The third-order valence-electron chi connectivity index (χ3n) is 6.24. The van der Waals surface area contributed by atoms with Crippen molar-refractivity contribution in [3.63, 3.8) is 0 Å². The van der Waals surface area contributed by atoms with E-state index >= 15 is 0 Å². The van der Waals surface area contributed by atoms with Crippen LogP contribution in [0.3, 0.4) is 0 Å². The van der Waals surface area contributed by atoms with Crippen LogP contribution in [0, 0.1) is 12.7 Å². The third kappa shape index (κ3) is 4.58. The highest BCUT2D eigenvalue weighted by molar-refractivity contribution is 7.99. The molecule has 0 fully saturated rings. The highest BCUT2D eigenvalue weighted by Gasteiger charge is 2.21. The van der Waals surface area contributed by atoms with Gasteiger partial charge in [0.15, 0.2) is 22.3 Å². The minimum absolute atomic E-state index is 0.122. The summed E-state index contributed by atoms with van der Waals surface area (Å²) in [6.45, 7) is 3.36. The predicted octanol–water partition coefficient (Wildman–Crippen LogP) is 5.43. The number of aromatic nitrogens is 3. The van der Waals surface area contributed by atoms with Gasteiger partial charge in [-0.05, 0) is 54.4 Å². The number of thioether (sulfide) groups is 1. The molecule has 7 nitrogen and oxygen atoms in total. The molecule has 6 rings (SSSR count). The maximum Gasteiger partial charge on any atom is 0.237 e. The van der Waals surface area contributed by atoms with Gasteiger partial charge >= 0.3 is 0 Å². The molecule has 3 aromatic carbocycles. The number of hydrogen-bond donors (Lipinski definition) is 0. The van der Waals surface area contributed by atoms with Crippen molar-refractivity contribution in [3.05, 3.63) is 89.7 Å². The fraction of sp³-hybridized carbons (Fsp3) is 0.179. The number of nitrogens with zero attached hydrogens (tertiary/aromatic N) is 4. The molecule has 1 aliphatic heterocycles. The lowest BCUT2D eigenvalue weighted by molar-refractivity contribution is -0.116. The van der Waals surface area contributed by atoms with Crippen LogP contribution in [-0.4, -0.2) is 39.5 Å². The number of benzene rings is 3. The van der Waals surface area contributed by atoms with E-state index in [9.17, 15) is 9.18 Å². The van der Waals surface area contributed by atoms with E-state index in [0.29, 0.717) is 42.1 Å². The standard InChI is InChI=1S/C28H23FN4O3S/c1-18-13-20-14-24-25(36-12-11-35-24)15-23(20)33-27(18)30-31-28(33)37-17-26(34)32(16-19-5-3-2-4-6-19)22-9-7-21(29)8-10-22/h2-10,13-15H,11-12,16-17H2,1H3.